The molecule has 0 atom stereocenters. The van der Waals surface area contributed by atoms with Gasteiger partial charge in [-0.15, -0.1) is 0 Å². The lowest BCUT2D eigenvalue weighted by atomic mass is 10.00. The molecule has 0 aliphatic rings. The van der Waals surface area contributed by atoms with E-state index in [2.05, 4.69) is 77.9 Å². The van der Waals surface area contributed by atoms with E-state index in [-0.39, 0.29) is 0 Å². The van der Waals surface area contributed by atoms with Gasteiger partial charge in [0, 0.05) is 14.7 Å². The van der Waals surface area contributed by atoms with Gasteiger partial charge in [-0.3, -0.25) is 0 Å². The van der Waals surface area contributed by atoms with E-state index in [1.807, 2.05) is 0 Å². The van der Waals surface area contributed by atoms with E-state index >= 15 is 0 Å². The van der Waals surface area contributed by atoms with Gasteiger partial charge in [-0.25, -0.2) is 0 Å². The predicted molar refractivity (Wildman–Crippen MR) is 204 cm³/mol. The predicted octanol–water partition coefficient (Wildman–Crippen LogP) is 13.3. The molecule has 3 rings (SSSR count). The van der Waals surface area contributed by atoms with Gasteiger partial charge >= 0.3 is 0 Å². The van der Waals surface area contributed by atoms with E-state index in [0.29, 0.717) is 17.2 Å². The number of hydrogen-bond donors (Lipinski definition) is 3. The molecule has 0 fully saturated rings. The highest BCUT2D eigenvalue weighted by Crippen LogP contribution is 2.73. The van der Waals surface area contributed by atoms with Crippen molar-refractivity contribution in [2.24, 2.45) is 0 Å². The van der Waals surface area contributed by atoms with Crippen LogP contribution in [0.1, 0.15) is 152 Å². The van der Waals surface area contributed by atoms with Gasteiger partial charge in [0.1, 0.15) is 17.2 Å². The molecule has 0 amide bonds. The van der Waals surface area contributed by atoms with Crippen molar-refractivity contribution in [3.8, 4) is 17.2 Å². The fourth-order valence-corrected chi connectivity index (χ4v) is 9.87. The molecule has 47 heavy (non-hydrogen) atoms. The minimum Gasteiger partial charge on any atom is -0.507 e. The van der Waals surface area contributed by atoms with Crippen LogP contribution in [0.15, 0.2) is 51.1 Å². The largest absolute Gasteiger partial charge is 0.507 e. The normalized spacial score (nSPS) is 12.1. The molecular formula is C42H63ClO3S. The molecule has 0 spiro atoms. The van der Waals surface area contributed by atoms with Crippen LogP contribution in [0, 0.1) is 0 Å². The van der Waals surface area contributed by atoms with Gasteiger partial charge in [0.05, 0.1) is 0 Å². The van der Waals surface area contributed by atoms with E-state index in [0.717, 1.165) is 164 Å². The van der Waals surface area contributed by atoms with Gasteiger partial charge in [0.25, 0.3) is 0 Å². The number of unbranched alkanes of at least 4 members (excludes halogenated alkanes) is 6. The van der Waals surface area contributed by atoms with E-state index in [9.17, 15) is 15.3 Å². The van der Waals surface area contributed by atoms with E-state index in [1.54, 1.807) is 0 Å². The van der Waals surface area contributed by atoms with Gasteiger partial charge in [-0.1, -0.05) is 100.0 Å². The van der Waals surface area contributed by atoms with Crippen LogP contribution in [0.2, 0.25) is 0 Å². The Morgan fingerprint density at radius 1 is 0.383 bits per heavy atom. The molecule has 0 saturated heterocycles. The highest BCUT2D eigenvalue weighted by molar-refractivity contribution is 8.51. The van der Waals surface area contributed by atoms with Crippen molar-refractivity contribution < 1.29 is 15.3 Å². The van der Waals surface area contributed by atoms with Crippen molar-refractivity contribution >= 4 is 19.9 Å². The molecule has 3 N–H and O–H groups in total. The third-order valence-electron chi connectivity index (χ3n) is 9.50. The third-order valence-corrected chi connectivity index (χ3v) is 13.8. The molecule has 0 radical (unpaired) electrons. The summed E-state index contributed by atoms with van der Waals surface area (Å²) < 4.78 is 0. The summed E-state index contributed by atoms with van der Waals surface area (Å²) in [6.07, 6.45) is 17.1. The van der Waals surface area contributed by atoms with E-state index in [1.165, 1.54) is 0 Å². The Morgan fingerprint density at radius 2 is 0.553 bits per heavy atom. The van der Waals surface area contributed by atoms with Crippen molar-refractivity contribution in [2.75, 3.05) is 0 Å². The van der Waals surface area contributed by atoms with Gasteiger partial charge in [0.15, 0.2) is 0 Å². The minimum absolute atomic E-state index is 0.421. The molecule has 3 aromatic rings. The zero-order chi connectivity index (χ0) is 34.4. The molecule has 3 nitrogen and oxygen atoms in total. The second-order valence-corrected chi connectivity index (χ2v) is 17.3. The Balaban J connectivity index is 2.48. The molecule has 0 unspecified atom stereocenters. The summed E-state index contributed by atoms with van der Waals surface area (Å²) in [7, 11) is 5.98. The maximum absolute atomic E-state index is 11.5. The Hall–Kier alpha value is -2.30. The Bertz CT molecular complexity index is 1160. The van der Waals surface area contributed by atoms with Crippen LogP contribution in [-0.4, -0.2) is 15.3 Å². The topological polar surface area (TPSA) is 60.7 Å². The molecule has 0 aliphatic heterocycles. The van der Waals surface area contributed by atoms with Crippen LogP contribution < -0.4 is 0 Å². The fraction of sp³-hybridized carbons (Fsp3) is 0.571. The van der Waals surface area contributed by atoms with Gasteiger partial charge in [-0.05, 0) is 147 Å². The first-order valence-electron chi connectivity index (χ1n) is 18.8. The second kappa shape index (κ2) is 19.6. The standard InChI is InChI=1S/C42H63ClO3S/c1-7-13-19-31-25-37(26-32(40(31)44)20-14-8-2)47(43,38-27-33(21-15-9-3)41(45)34(28-38)22-16-10-4)39-29-35(23-17-11-5)42(46)36(30-39)24-18-12-6/h25-30,44-46H,7-24H2,1-6H3. The third kappa shape index (κ3) is 9.88. The molecule has 0 aromatic heterocycles. The average molecular weight is 683 g/mol. The van der Waals surface area contributed by atoms with E-state index in [4.69, 9.17) is 10.7 Å². The van der Waals surface area contributed by atoms with Crippen molar-refractivity contribution in [1.82, 2.24) is 0 Å². The first-order valence-corrected chi connectivity index (χ1v) is 21.2. The molecule has 5 heteroatoms. The van der Waals surface area contributed by atoms with Gasteiger partial charge < -0.3 is 15.3 Å². The number of phenolic OH excluding ortho intramolecular Hbond substituents is 3. The summed E-state index contributed by atoms with van der Waals surface area (Å²) in [4.78, 5) is 3.11. The monoisotopic (exact) mass is 682 g/mol. The summed E-state index contributed by atoms with van der Waals surface area (Å²) >= 11 is 0. The number of halogens is 1. The highest BCUT2D eigenvalue weighted by atomic mass is 35.7. The summed E-state index contributed by atoms with van der Waals surface area (Å²) in [5.74, 6) is 1.26. The first kappa shape index (κ1) is 39.1. The maximum Gasteiger partial charge on any atom is 0.122 e. The van der Waals surface area contributed by atoms with Gasteiger partial charge in [0.2, 0.25) is 0 Å². The van der Waals surface area contributed by atoms with Crippen LogP contribution in [0.25, 0.3) is 0 Å². The number of aryl methyl sites for hydroxylation is 6. The summed E-state index contributed by atoms with van der Waals surface area (Å²) in [6, 6.07) is 13.1. The van der Waals surface area contributed by atoms with Crippen LogP contribution >= 0.6 is 19.9 Å². The quantitative estimate of drug-likeness (QED) is 0.105. The molecular weight excluding hydrogens is 620 g/mol. The van der Waals surface area contributed by atoms with Crippen molar-refractivity contribution in [3.63, 3.8) is 0 Å². The van der Waals surface area contributed by atoms with Crippen molar-refractivity contribution in [3.05, 3.63) is 69.8 Å². The lowest BCUT2D eigenvalue weighted by Crippen LogP contribution is -2.05. The summed E-state index contributed by atoms with van der Waals surface area (Å²) in [5.41, 5.74) is 5.84. The average Bonchev–Trinajstić information content (AvgIpc) is 3.08. The Morgan fingerprint density at radius 3 is 0.702 bits per heavy atom. The number of hydrogen-bond acceptors (Lipinski definition) is 3. The zero-order valence-corrected chi connectivity index (χ0v) is 31.9. The molecule has 0 saturated carbocycles. The summed E-state index contributed by atoms with van der Waals surface area (Å²) in [5, 5.41) is 34.5. The van der Waals surface area contributed by atoms with Crippen molar-refractivity contribution in [2.45, 2.75) is 172 Å². The van der Waals surface area contributed by atoms with Crippen LogP contribution in [0.4, 0.5) is 0 Å². The molecule has 3 aromatic carbocycles. The zero-order valence-electron chi connectivity index (χ0n) is 30.3. The van der Waals surface area contributed by atoms with Crippen LogP contribution in [-0.2, 0) is 38.5 Å². The summed E-state index contributed by atoms with van der Waals surface area (Å²) in [6.45, 7) is 13.1. The molecule has 262 valence electrons. The lowest BCUT2D eigenvalue weighted by Gasteiger charge is -2.37. The number of phenols is 3. The Kier molecular flexibility index (Phi) is 16.4. The van der Waals surface area contributed by atoms with Crippen LogP contribution in [0.3, 0.4) is 0 Å². The first-order chi connectivity index (χ1) is 22.7. The minimum atomic E-state index is -2.37. The highest BCUT2D eigenvalue weighted by Gasteiger charge is 2.33. The molecule has 0 bridgehead atoms. The lowest BCUT2D eigenvalue weighted by molar-refractivity contribution is 0.457. The Labute approximate surface area is 293 Å². The maximum atomic E-state index is 11.5. The van der Waals surface area contributed by atoms with Crippen molar-refractivity contribution in [1.29, 1.82) is 0 Å². The molecule has 0 aliphatic carbocycles. The number of rotatable bonds is 21. The smallest absolute Gasteiger partial charge is 0.122 e. The van der Waals surface area contributed by atoms with Gasteiger partial charge in [-0.2, -0.15) is 0 Å². The number of aromatic hydroxyl groups is 3. The number of benzene rings is 3. The van der Waals surface area contributed by atoms with Crippen LogP contribution in [0.5, 0.6) is 17.2 Å². The van der Waals surface area contributed by atoms with E-state index < -0.39 is 9.24 Å². The molecule has 0 heterocycles. The SMILES string of the molecule is CCCCc1cc(S(Cl)(c2cc(CCCC)c(O)c(CCCC)c2)c2cc(CCCC)c(O)c(CCCC)c2)cc(CCCC)c1O. The second-order valence-electron chi connectivity index (χ2n) is 13.4. The fourth-order valence-electron chi connectivity index (χ4n) is 6.43.